The number of ether oxygens (including phenoxy) is 2. The fraction of sp³-hybridized carbons (Fsp3) is 0.333. The topological polar surface area (TPSA) is 68.7 Å². The van der Waals surface area contributed by atoms with Crippen LogP contribution in [0.25, 0.3) is 6.08 Å². The van der Waals surface area contributed by atoms with Gasteiger partial charge < -0.3 is 14.6 Å². The number of carboxylic acids is 1. The molecule has 0 aliphatic heterocycles. The van der Waals surface area contributed by atoms with Crippen molar-refractivity contribution < 1.29 is 19.4 Å². The van der Waals surface area contributed by atoms with E-state index in [0.717, 1.165) is 6.08 Å². The first-order valence-electron chi connectivity index (χ1n) is 5.30. The van der Waals surface area contributed by atoms with Crippen molar-refractivity contribution >= 4 is 12.0 Å². The third-order valence-corrected chi connectivity index (χ3v) is 1.86. The zero-order valence-corrected chi connectivity index (χ0v) is 9.63. The summed E-state index contributed by atoms with van der Waals surface area (Å²) in [7, 11) is 0. The number of carboxylic acid groups (broad SMARTS) is 1. The van der Waals surface area contributed by atoms with E-state index in [0.29, 0.717) is 31.3 Å². The predicted octanol–water partition coefficient (Wildman–Crippen LogP) is 1.59. The van der Waals surface area contributed by atoms with Crippen molar-refractivity contribution in [2.24, 2.45) is 0 Å². The Morgan fingerprint density at radius 2 is 2.29 bits per heavy atom. The van der Waals surface area contributed by atoms with Crippen LogP contribution in [-0.4, -0.2) is 35.9 Å². The zero-order chi connectivity index (χ0) is 12.5. The van der Waals surface area contributed by atoms with Crippen LogP contribution in [0.15, 0.2) is 24.4 Å². The van der Waals surface area contributed by atoms with Crippen molar-refractivity contribution in [3.05, 3.63) is 30.1 Å². The number of carbonyl (C=O) groups is 1. The minimum absolute atomic E-state index is 0.472. The number of pyridine rings is 1. The molecule has 0 aromatic carbocycles. The highest BCUT2D eigenvalue weighted by Gasteiger charge is 1.95. The second-order valence-electron chi connectivity index (χ2n) is 3.14. The molecule has 0 saturated carbocycles. The third-order valence-electron chi connectivity index (χ3n) is 1.86. The number of nitrogens with zero attached hydrogens (tertiary/aromatic N) is 1. The Morgan fingerprint density at radius 3 is 2.88 bits per heavy atom. The van der Waals surface area contributed by atoms with Gasteiger partial charge in [-0.15, -0.1) is 0 Å². The third kappa shape index (κ3) is 5.67. The minimum Gasteiger partial charge on any atom is -0.490 e. The normalized spacial score (nSPS) is 10.6. The Kier molecular flexibility index (Phi) is 5.74. The van der Waals surface area contributed by atoms with E-state index >= 15 is 0 Å². The van der Waals surface area contributed by atoms with Gasteiger partial charge in [-0.1, -0.05) is 0 Å². The molecule has 0 saturated heterocycles. The number of aromatic nitrogens is 1. The van der Waals surface area contributed by atoms with Gasteiger partial charge in [0.15, 0.2) is 0 Å². The fourth-order valence-corrected chi connectivity index (χ4v) is 1.10. The van der Waals surface area contributed by atoms with E-state index in [1.165, 1.54) is 6.08 Å². The molecule has 1 rings (SSSR count). The Balaban J connectivity index is 2.42. The molecule has 0 bridgehead atoms. The first-order chi connectivity index (χ1) is 8.22. The SMILES string of the molecule is CCOCCOc1ccc(C=CC(=O)O)nc1. The molecule has 0 spiro atoms. The highest BCUT2D eigenvalue weighted by molar-refractivity contribution is 5.84. The molecular formula is C12H15NO4. The molecule has 5 heteroatoms. The molecule has 1 heterocycles. The second kappa shape index (κ2) is 7.40. The number of rotatable bonds is 7. The lowest BCUT2D eigenvalue weighted by molar-refractivity contribution is -0.131. The molecule has 0 aliphatic rings. The van der Waals surface area contributed by atoms with Gasteiger partial charge in [0.2, 0.25) is 0 Å². The highest BCUT2D eigenvalue weighted by atomic mass is 16.5. The van der Waals surface area contributed by atoms with Gasteiger partial charge in [-0.25, -0.2) is 4.79 Å². The summed E-state index contributed by atoms with van der Waals surface area (Å²) in [5.74, 6) is -0.360. The maximum absolute atomic E-state index is 10.3. The average Bonchev–Trinajstić information content (AvgIpc) is 2.33. The van der Waals surface area contributed by atoms with Crippen molar-refractivity contribution in [3.63, 3.8) is 0 Å². The van der Waals surface area contributed by atoms with Crippen molar-refractivity contribution in [1.29, 1.82) is 0 Å². The van der Waals surface area contributed by atoms with E-state index in [2.05, 4.69) is 4.98 Å². The molecule has 0 unspecified atom stereocenters. The summed E-state index contributed by atoms with van der Waals surface area (Å²) in [6.07, 6.45) is 4.01. The number of hydrogen-bond donors (Lipinski definition) is 1. The lowest BCUT2D eigenvalue weighted by Gasteiger charge is -2.05. The van der Waals surface area contributed by atoms with Crippen LogP contribution in [0.4, 0.5) is 0 Å². The largest absolute Gasteiger partial charge is 0.490 e. The summed E-state index contributed by atoms with van der Waals surface area (Å²) in [6, 6.07) is 3.43. The van der Waals surface area contributed by atoms with E-state index in [1.54, 1.807) is 18.3 Å². The van der Waals surface area contributed by atoms with Crippen LogP contribution in [0.5, 0.6) is 5.75 Å². The van der Waals surface area contributed by atoms with Crippen molar-refractivity contribution in [2.45, 2.75) is 6.92 Å². The van der Waals surface area contributed by atoms with Crippen LogP contribution in [-0.2, 0) is 9.53 Å². The summed E-state index contributed by atoms with van der Waals surface area (Å²) in [5, 5.41) is 8.44. The summed E-state index contributed by atoms with van der Waals surface area (Å²) < 4.78 is 10.5. The van der Waals surface area contributed by atoms with Crippen molar-refractivity contribution in [3.8, 4) is 5.75 Å². The molecule has 17 heavy (non-hydrogen) atoms. The molecule has 0 aliphatic carbocycles. The average molecular weight is 237 g/mol. The van der Waals surface area contributed by atoms with Gasteiger partial charge in [-0.2, -0.15) is 0 Å². The molecule has 92 valence electrons. The van der Waals surface area contributed by atoms with Gasteiger partial charge >= 0.3 is 5.97 Å². The first-order valence-corrected chi connectivity index (χ1v) is 5.30. The van der Waals surface area contributed by atoms with Gasteiger partial charge in [0.1, 0.15) is 12.4 Å². The van der Waals surface area contributed by atoms with Gasteiger partial charge in [-0.05, 0) is 25.1 Å². The van der Waals surface area contributed by atoms with Gasteiger partial charge in [0, 0.05) is 12.7 Å². The Morgan fingerprint density at radius 1 is 1.47 bits per heavy atom. The molecule has 0 amide bonds. The summed E-state index contributed by atoms with van der Waals surface area (Å²) in [6.45, 7) is 3.60. The molecule has 5 nitrogen and oxygen atoms in total. The van der Waals surface area contributed by atoms with E-state index in [-0.39, 0.29) is 0 Å². The van der Waals surface area contributed by atoms with Crippen LogP contribution in [0.3, 0.4) is 0 Å². The Labute approximate surface area is 99.7 Å². The minimum atomic E-state index is -0.996. The van der Waals surface area contributed by atoms with E-state index in [1.807, 2.05) is 6.92 Å². The zero-order valence-electron chi connectivity index (χ0n) is 9.63. The second-order valence-corrected chi connectivity index (χ2v) is 3.14. The standard InChI is InChI=1S/C12H15NO4/c1-2-16-7-8-17-11-5-3-10(13-9-11)4-6-12(14)15/h3-6,9H,2,7-8H2,1H3,(H,14,15). The molecule has 0 radical (unpaired) electrons. The van der Waals surface area contributed by atoms with Crippen molar-refractivity contribution in [1.82, 2.24) is 4.98 Å². The van der Waals surface area contributed by atoms with Crippen LogP contribution in [0.2, 0.25) is 0 Å². The lowest BCUT2D eigenvalue weighted by Crippen LogP contribution is -2.06. The molecular weight excluding hydrogens is 222 g/mol. The summed E-state index contributed by atoms with van der Waals surface area (Å²) >= 11 is 0. The number of hydrogen-bond acceptors (Lipinski definition) is 4. The summed E-state index contributed by atoms with van der Waals surface area (Å²) in [5.41, 5.74) is 0.574. The van der Waals surface area contributed by atoms with Crippen LogP contribution in [0.1, 0.15) is 12.6 Å². The maximum atomic E-state index is 10.3. The predicted molar refractivity (Wildman–Crippen MR) is 62.9 cm³/mol. The molecule has 0 fully saturated rings. The van der Waals surface area contributed by atoms with Crippen LogP contribution >= 0.6 is 0 Å². The smallest absolute Gasteiger partial charge is 0.328 e. The van der Waals surface area contributed by atoms with Gasteiger partial charge in [0.05, 0.1) is 18.5 Å². The van der Waals surface area contributed by atoms with Crippen LogP contribution < -0.4 is 4.74 Å². The van der Waals surface area contributed by atoms with Gasteiger partial charge in [-0.3, -0.25) is 4.98 Å². The monoisotopic (exact) mass is 237 g/mol. The fourth-order valence-electron chi connectivity index (χ4n) is 1.10. The molecule has 1 aromatic heterocycles. The first kappa shape index (κ1) is 13.2. The maximum Gasteiger partial charge on any atom is 0.328 e. The van der Waals surface area contributed by atoms with Crippen molar-refractivity contribution in [2.75, 3.05) is 19.8 Å². The number of aliphatic carboxylic acids is 1. The highest BCUT2D eigenvalue weighted by Crippen LogP contribution is 2.09. The van der Waals surface area contributed by atoms with E-state index in [4.69, 9.17) is 14.6 Å². The van der Waals surface area contributed by atoms with Crippen LogP contribution in [0, 0.1) is 0 Å². The molecule has 1 aromatic rings. The lowest BCUT2D eigenvalue weighted by atomic mass is 10.3. The van der Waals surface area contributed by atoms with E-state index in [9.17, 15) is 4.79 Å². The van der Waals surface area contributed by atoms with Gasteiger partial charge in [0.25, 0.3) is 0 Å². The molecule has 1 N–H and O–H groups in total. The Hall–Kier alpha value is -1.88. The van der Waals surface area contributed by atoms with E-state index < -0.39 is 5.97 Å². The summed E-state index contributed by atoms with van der Waals surface area (Å²) in [4.78, 5) is 14.3. The Bertz CT molecular complexity index is 373. The molecule has 0 atom stereocenters. The quantitative estimate of drug-likeness (QED) is 0.576.